The highest BCUT2D eigenvalue weighted by Gasteiger charge is 2.34. The van der Waals surface area contributed by atoms with Gasteiger partial charge in [-0.3, -0.25) is 9.69 Å². The smallest absolute Gasteiger partial charge is 0.248 e. The van der Waals surface area contributed by atoms with E-state index in [4.69, 9.17) is 18.3 Å². The van der Waals surface area contributed by atoms with Gasteiger partial charge in [0, 0.05) is 11.1 Å². The zero-order chi connectivity index (χ0) is 35.0. The third-order valence-electron chi connectivity index (χ3n) is 9.82. The number of benzene rings is 7. The maximum absolute atomic E-state index is 14.0. The molecule has 0 fully saturated rings. The van der Waals surface area contributed by atoms with Crippen molar-refractivity contribution in [2.24, 2.45) is 0 Å². The number of hydrogen-bond donors (Lipinski definition) is 0. The van der Waals surface area contributed by atoms with Crippen LogP contribution in [-0.4, -0.2) is 10.2 Å². The summed E-state index contributed by atoms with van der Waals surface area (Å²) < 4.78 is 24.8. The standard InChI is InChI=1S/C45H25N3O5/c49-43-32-23-29(16-19-36(32)50-37-20-18-31(24-33(37)43)45-47-46-44(53-45)26-8-2-1-3-9-26)27-10-6-11-28(22-27)30-17-21-39-35(25-30)48-34-12-4-5-13-38(34)51-40-14-7-15-41(52-39)42(40)48/h1-25H. The average molecular weight is 688 g/mol. The monoisotopic (exact) mass is 687 g/mol. The Morgan fingerprint density at radius 1 is 0.415 bits per heavy atom. The van der Waals surface area contributed by atoms with E-state index in [0.717, 1.165) is 67.9 Å². The first-order chi connectivity index (χ1) is 26.1. The summed E-state index contributed by atoms with van der Waals surface area (Å²) in [5.41, 5.74) is 8.99. The van der Waals surface area contributed by atoms with Gasteiger partial charge in [0.2, 0.25) is 17.2 Å². The van der Waals surface area contributed by atoms with Crippen molar-refractivity contribution in [3.05, 3.63) is 162 Å². The van der Waals surface area contributed by atoms with Crippen LogP contribution in [0.5, 0.6) is 23.0 Å². The quantitative estimate of drug-likeness (QED) is 0.169. The van der Waals surface area contributed by atoms with Gasteiger partial charge in [-0.15, -0.1) is 10.2 Å². The summed E-state index contributed by atoms with van der Waals surface area (Å²) >= 11 is 0. The molecule has 0 bridgehead atoms. The van der Waals surface area contributed by atoms with Crippen LogP contribution in [0.2, 0.25) is 0 Å². The van der Waals surface area contributed by atoms with E-state index in [-0.39, 0.29) is 5.43 Å². The number of para-hydroxylation sites is 3. The second-order valence-corrected chi connectivity index (χ2v) is 13.0. The molecule has 8 nitrogen and oxygen atoms in total. The topological polar surface area (TPSA) is 90.8 Å². The normalized spacial score (nSPS) is 12.5. The van der Waals surface area contributed by atoms with Crippen molar-refractivity contribution in [2.45, 2.75) is 0 Å². The van der Waals surface area contributed by atoms with Crippen molar-refractivity contribution in [2.75, 3.05) is 4.90 Å². The number of fused-ring (bicyclic) bond motifs is 6. The van der Waals surface area contributed by atoms with Gasteiger partial charge in [-0.25, -0.2) is 0 Å². The summed E-state index contributed by atoms with van der Waals surface area (Å²) in [5, 5.41) is 9.38. The fraction of sp³-hybridized carbons (Fsp3) is 0. The third kappa shape index (κ3) is 4.66. The first-order valence-corrected chi connectivity index (χ1v) is 17.2. The van der Waals surface area contributed by atoms with Gasteiger partial charge < -0.3 is 18.3 Å². The molecule has 0 amide bonds. The van der Waals surface area contributed by atoms with Gasteiger partial charge in [0.1, 0.15) is 16.9 Å². The van der Waals surface area contributed by atoms with Crippen molar-refractivity contribution in [1.82, 2.24) is 10.2 Å². The molecular formula is C45H25N3O5. The second kappa shape index (κ2) is 11.3. The lowest BCUT2D eigenvalue weighted by Crippen LogP contribution is -2.20. The second-order valence-electron chi connectivity index (χ2n) is 13.0. The van der Waals surface area contributed by atoms with Crippen LogP contribution < -0.4 is 19.8 Å². The summed E-state index contributed by atoms with van der Waals surface area (Å²) in [6, 6.07) is 49.1. The van der Waals surface area contributed by atoms with Crippen LogP contribution in [0.1, 0.15) is 0 Å². The first-order valence-electron chi connectivity index (χ1n) is 17.2. The Labute approximate surface area is 301 Å². The van der Waals surface area contributed by atoms with E-state index in [1.165, 1.54) is 0 Å². The molecule has 0 unspecified atom stereocenters. The SMILES string of the molecule is O=c1c2cc(-c3cccc(-c4ccc5c(c4)N4c6ccccc6Oc6cccc(c64)O5)c3)ccc2oc2ccc(-c3nnc(-c4ccccc4)o3)cc12. The molecule has 4 heterocycles. The molecular weight excluding hydrogens is 663 g/mol. The Kier molecular flexibility index (Phi) is 6.23. The summed E-state index contributed by atoms with van der Waals surface area (Å²) in [5.74, 6) is 3.78. The molecule has 8 heteroatoms. The predicted octanol–water partition coefficient (Wildman–Crippen LogP) is 11.7. The Morgan fingerprint density at radius 2 is 0.962 bits per heavy atom. The van der Waals surface area contributed by atoms with Crippen LogP contribution in [0.4, 0.5) is 17.1 Å². The van der Waals surface area contributed by atoms with Gasteiger partial charge in [0.05, 0.1) is 22.1 Å². The van der Waals surface area contributed by atoms with Crippen molar-refractivity contribution >= 4 is 39.0 Å². The average Bonchev–Trinajstić information content (AvgIpc) is 3.72. The molecule has 7 aromatic carbocycles. The van der Waals surface area contributed by atoms with E-state index in [0.29, 0.717) is 39.3 Å². The number of hydrogen-bond acceptors (Lipinski definition) is 8. The van der Waals surface area contributed by atoms with Crippen molar-refractivity contribution < 1.29 is 18.3 Å². The zero-order valence-corrected chi connectivity index (χ0v) is 27.8. The van der Waals surface area contributed by atoms with E-state index in [9.17, 15) is 4.79 Å². The summed E-state index contributed by atoms with van der Waals surface area (Å²) in [4.78, 5) is 16.2. The van der Waals surface area contributed by atoms with Crippen molar-refractivity contribution in [3.8, 4) is 68.2 Å². The highest BCUT2D eigenvalue weighted by atomic mass is 16.5. The highest BCUT2D eigenvalue weighted by Crippen LogP contribution is 2.59. The number of ether oxygens (including phenoxy) is 2. The Morgan fingerprint density at radius 3 is 1.74 bits per heavy atom. The van der Waals surface area contributed by atoms with Crippen molar-refractivity contribution in [3.63, 3.8) is 0 Å². The van der Waals surface area contributed by atoms with Gasteiger partial charge in [-0.2, -0.15) is 0 Å². The molecule has 0 spiro atoms. The third-order valence-corrected chi connectivity index (χ3v) is 9.82. The van der Waals surface area contributed by atoms with Crippen LogP contribution >= 0.6 is 0 Å². The molecule has 11 rings (SSSR count). The number of aromatic nitrogens is 2. The van der Waals surface area contributed by atoms with Crippen LogP contribution in [0.15, 0.2) is 165 Å². The Balaban J connectivity index is 0.966. The molecule has 0 saturated carbocycles. The molecule has 0 aliphatic carbocycles. The Hall–Kier alpha value is -7.45. The lowest BCUT2D eigenvalue weighted by atomic mass is 9.97. The number of anilines is 3. The van der Waals surface area contributed by atoms with E-state index < -0.39 is 0 Å². The molecule has 0 atom stereocenters. The van der Waals surface area contributed by atoms with Gasteiger partial charge >= 0.3 is 0 Å². The molecule has 250 valence electrons. The number of nitrogens with zero attached hydrogens (tertiary/aromatic N) is 3. The summed E-state index contributed by atoms with van der Waals surface area (Å²) in [6.07, 6.45) is 0. The van der Waals surface area contributed by atoms with Gasteiger partial charge in [0.15, 0.2) is 23.0 Å². The van der Waals surface area contributed by atoms with E-state index in [2.05, 4.69) is 45.4 Å². The molecule has 9 aromatic rings. The van der Waals surface area contributed by atoms with Crippen LogP contribution in [0.25, 0.3) is 67.1 Å². The summed E-state index contributed by atoms with van der Waals surface area (Å²) in [6.45, 7) is 0. The predicted molar refractivity (Wildman–Crippen MR) is 204 cm³/mol. The van der Waals surface area contributed by atoms with Crippen LogP contribution in [-0.2, 0) is 0 Å². The minimum Gasteiger partial charge on any atom is -0.456 e. The first kappa shape index (κ1) is 29.3. The fourth-order valence-electron chi connectivity index (χ4n) is 7.27. The van der Waals surface area contributed by atoms with E-state index in [1.54, 1.807) is 12.1 Å². The molecule has 53 heavy (non-hydrogen) atoms. The molecule has 0 N–H and O–H groups in total. The van der Waals surface area contributed by atoms with E-state index >= 15 is 0 Å². The molecule has 2 aliphatic rings. The molecule has 2 aromatic heterocycles. The zero-order valence-electron chi connectivity index (χ0n) is 27.8. The van der Waals surface area contributed by atoms with E-state index in [1.807, 2.05) is 109 Å². The largest absolute Gasteiger partial charge is 0.456 e. The highest BCUT2D eigenvalue weighted by molar-refractivity contribution is 5.96. The van der Waals surface area contributed by atoms with Gasteiger partial charge in [0.25, 0.3) is 0 Å². The maximum Gasteiger partial charge on any atom is 0.248 e. The number of rotatable bonds is 4. The molecule has 0 saturated heterocycles. The molecule has 0 radical (unpaired) electrons. The minimum atomic E-state index is -0.135. The molecule has 2 aliphatic heterocycles. The van der Waals surface area contributed by atoms with Crippen LogP contribution in [0.3, 0.4) is 0 Å². The maximum atomic E-state index is 14.0. The van der Waals surface area contributed by atoms with Crippen molar-refractivity contribution in [1.29, 1.82) is 0 Å². The van der Waals surface area contributed by atoms with Gasteiger partial charge in [-0.1, -0.05) is 66.7 Å². The fourth-order valence-corrected chi connectivity index (χ4v) is 7.27. The minimum absolute atomic E-state index is 0.135. The van der Waals surface area contributed by atoms with Crippen LogP contribution in [0, 0.1) is 0 Å². The van der Waals surface area contributed by atoms with Gasteiger partial charge in [-0.05, 0) is 107 Å². The summed E-state index contributed by atoms with van der Waals surface area (Å²) in [7, 11) is 0. The Bertz CT molecular complexity index is 2990. The lowest BCUT2D eigenvalue weighted by molar-refractivity contribution is 0.446. The lowest BCUT2D eigenvalue weighted by Gasteiger charge is -2.37.